The molecule has 0 aliphatic carbocycles. The summed E-state index contributed by atoms with van der Waals surface area (Å²) >= 11 is 0. The van der Waals surface area contributed by atoms with Crippen LogP contribution in [0.4, 0.5) is 5.69 Å². The predicted octanol–water partition coefficient (Wildman–Crippen LogP) is 4.74. The summed E-state index contributed by atoms with van der Waals surface area (Å²) in [6, 6.07) is 21.0. The Labute approximate surface area is 129 Å². The summed E-state index contributed by atoms with van der Waals surface area (Å²) in [5.41, 5.74) is 2.32. The summed E-state index contributed by atoms with van der Waals surface area (Å²) in [4.78, 5) is 0. The van der Waals surface area contributed by atoms with E-state index in [1.54, 1.807) is 0 Å². The van der Waals surface area contributed by atoms with Crippen molar-refractivity contribution in [3.63, 3.8) is 0 Å². The minimum Gasteiger partial charge on any atom is -0.454 e. The van der Waals surface area contributed by atoms with Crippen LogP contribution in [0.15, 0.2) is 60.7 Å². The molecule has 1 aliphatic rings. The third kappa shape index (κ3) is 2.25. The Morgan fingerprint density at radius 3 is 2.68 bits per heavy atom. The quantitative estimate of drug-likeness (QED) is 0.756. The van der Waals surface area contributed by atoms with Crippen molar-refractivity contribution in [3.8, 4) is 11.5 Å². The molecule has 0 saturated heterocycles. The lowest BCUT2D eigenvalue weighted by atomic mass is 10.1. The van der Waals surface area contributed by atoms with Crippen molar-refractivity contribution in [3.05, 3.63) is 66.2 Å². The van der Waals surface area contributed by atoms with E-state index in [0.29, 0.717) is 6.79 Å². The van der Waals surface area contributed by atoms with Gasteiger partial charge in [-0.15, -0.1) is 0 Å². The van der Waals surface area contributed by atoms with Crippen LogP contribution >= 0.6 is 0 Å². The van der Waals surface area contributed by atoms with E-state index in [9.17, 15) is 0 Å². The molecule has 3 heteroatoms. The molecular weight excluding hydrogens is 274 g/mol. The minimum atomic E-state index is 0.181. The molecule has 0 fully saturated rings. The first-order chi connectivity index (χ1) is 10.8. The highest BCUT2D eigenvalue weighted by Gasteiger charge is 2.16. The third-order valence-electron chi connectivity index (χ3n) is 4.06. The number of hydrogen-bond donors (Lipinski definition) is 1. The molecule has 1 atom stereocenters. The van der Waals surface area contributed by atoms with E-state index in [1.165, 1.54) is 16.3 Å². The Hall–Kier alpha value is -2.68. The second-order valence-electron chi connectivity index (χ2n) is 5.51. The molecule has 3 aromatic rings. The number of rotatable bonds is 3. The van der Waals surface area contributed by atoms with Crippen molar-refractivity contribution in [1.29, 1.82) is 0 Å². The molecule has 22 heavy (non-hydrogen) atoms. The molecule has 0 aromatic heterocycles. The Morgan fingerprint density at radius 1 is 0.909 bits per heavy atom. The number of benzene rings is 3. The van der Waals surface area contributed by atoms with Crippen LogP contribution in [0.25, 0.3) is 10.8 Å². The average molecular weight is 291 g/mol. The van der Waals surface area contributed by atoms with Crippen molar-refractivity contribution in [2.45, 2.75) is 13.0 Å². The van der Waals surface area contributed by atoms with Crippen LogP contribution in [0.2, 0.25) is 0 Å². The zero-order valence-electron chi connectivity index (χ0n) is 12.4. The predicted molar refractivity (Wildman–Crippen MR) is 88.6 cm³/mol. The fourth-order valence-corrected chi connectivity index (χ4v) is 2.85. The minimum absolute atomic E-state index is 0.181. The van der Waals surface area contributed by atoms with E-state index in [0.717, 1.165) is 17.2 Å². The average Bonchev–Trinajstić information content (AvgIpc) is 3.02. The lowest BCUT2D eigenvalue weighted by Gasteiger charge is -2.17. The maximum atomic E-state index is 5.46. The second kappa shape index (κ2) is 5.26. The Kier molecular flexibility index (Phi) is 3.11. The van der Waals surface area contributed by atoms with Gasteiger partial charge in [0.1, 0.15) is 0 Å². The Bertz CT molecular complexity index is 823. The van der Waals surface area contributed by atoms with Gasteiger partial charge in [-0.25, -0.2) is 0 Å². The van der Waals surface area contributed by atoms with Gasteiger partial charge in [-0.3, -0.25) is 0 Å². The van der Waals surface area contributed by atoms with Crippen molar-refractivity contribution in [2.75, 3.05) is 12.1 Å². The van der Waals surface area contributed by atoms with Gasteiger partial charge in [0.2, 0.25) is 6.79 Å². The van der Waals surface area contributed by atoms with Gasteiger partial charge < -0.3 is 14.8 Å². The molecule has 0 bridgehead atoms. The molecule has 110 valence electrons. The van der Waals surface area contributed by atoms with Crippen LogP contribution in [-0.4, -0.2) is 6.79 Å². The van der Waals surface area contributed by atoms with Gasteiger partial charge >= 0.3 is 0 Å². The largest absolute Gasteiger partial charge is 0.454 e. The van der Waals surface area contributed by atoms with Gasteiger partial charge in [0.25, 0.3) is 0 Å². The van der Waals surface area contributed by atoms with E-state index in [4.69, 9.17) is 9.47 Å². The highest BCUT2D eigenvalue weighted by molar-refractivity contribution is 5.93. The van der Waals surface area contributed by atoms with Gasteiger partial charge in [0.05, 0.1) is 0 Å². The van der Waals surface area contributed by atoms with E-state index in [-0.39, 0.29) is 6.04 Å². The smallest absolute Gasteiger partial charge is 0.231 e. The normalized spacial score (nSPS) is 14.0. The maximum Gasteiger partial charge on any atom is 0.231 e. The highest BCUT2D eigenvalue weighted by Crippen LogP contribution is 2.35. The summed E-state index contributed by atoms with van der Waals surface area (Å²) < 4.78 is 10.8. The monoisotopic (exact) mass is 291 g/mol. The number of hydrogen-bond acceptors (Lipinski definition) is 3. The van der Waals surface area contributed by atoms with Crippen molar-refractivity contribution in [1.82, 2.24) is 0 Å². The van der Waals surface area contributed by atoms with Gasteiger partial charge in [-0.05, 0) is 36.1 Å². The molecule has 1 aliphatic heterocycles. The molecule has 1 heterocycles. The summed E-state index contributed by atoms with van der Waals surface area (Å²) in [6.45, 7) is 2.46. The molecule has 0 saturated carbocycles. The first kappa shape index (κ1) is 13.0. The Balaban J connectivity index is 1.65. The van der Waals surface area contributed by atoms with Gasteiger partial charge in [0, 0.05) is 17.1 Å². The molecule has 0 amide bonds. The zero-order chi connectivity index (χ0) is 14.9. The van der Waals surface area contributed by atoms with Gasteiger partial charge in [-0.1, -0.05) is 42.5 Å². The second-order valence-corrected chi connectivity index (χ2v) is 5.51. The standard InChI is InChI=1S/C19H17NO2/c1-13(15-9-10-18-19(11-15)22-12-21-18)20-17-8-4-6-14-5-2-3-7-16(14)17/h2-11,13,20H,12H2,1H3. The highest BCUT2D eigenvalue weighted by atomic mass is 16.7. The molecule has 0 radical (unpaired) electrons. The maximum absolute atomic E-state index is 5.46. The summed E-state index contributed by atoms with van der Waals surface area (Å²) in [5.74, 6) is 1.64. The van der Waals surface area contributed by atoms with Crippen LogP contribution in [-0.2, 0) is 0 Å². The SMILES string of the molecule is CC(Nc1cccc2ccccc12)c1ccc2c(c1)OCO2. The first-order valence-corrected chi connectivity index (χ1v) is 7.45. The van der Waals surface area contributed by atoms with E-state index in [2.05, 4.69) is 60.8 Å². The number of ether oxygens (including phenoxy) is 2. The molecule has 1 unspecified atom stereocenters. The van der Waals surface area contributed by atoms with Crippen LogP contribution in [0.1, 0.15) is 18.5 Å². The number of fused-ring (bicyclic) bond motifs is 2. The number of nitrogens with one attached hydrogen (secondary N) is 1. The van der Waals surface area contributed by atoms with Crippen LogP contribution < -0.4 is 14.8 Å². The zero-order valence-corrected chi connectivity index (χ0v) is 12.4. The molecule has 0 spiro atoms. The third-order valence-corrected chi connectivity index (χ3v) is 4.06. The van der Waals surface area contributed by atoms with E-state index < -0.39 is 0 Å². The Morgan fingerprint density at radius 2 is 1.73 bits per heavy atom. The molecule has 3 nitrogen and oxygen atoms in total. The first-order valence-electron chi connectivity index (χ1n) is 7.45. The lowest BCUT2D eigenvalue weighted by Crippen LogP contribution is -2.06. The van der Waals surface area contributed by atoms with E-state index in [1.807, 2.05) is 12.1 Å². The summed E-state index contributed by atoms with van der Waals surface area (Å²) in [6.07, 6.45) is 0. The summed E-state index contributed by atoms with van der Waals surface area (Å²) in [7, 11) is 0. The lowest BCUT2D eigenvalue weighted by molar-refractivity contribution is 0.174. The van der Waals surface area contributed by atoms with Crippen LogP contribution in [0, 0.1) is 0 Å². The molecule has 3 aromatic carbocycles. The van der Waals surface area contributed by atoms with Gasteiger partial charge in [-0.2, -0.15) is 0 Å². The van der Waals surface area contributed by atoms with Crippen LogP contribution in [0.5, 0.6) is 11.5 Å². The topological polar surface area (TPSA) is 30.5 Å². The van der Waals surface area contributed by atoms with Crippen molar-refractivity contribution >= 4 is 16.5 Å². The number of anilines is 1. The van der Waals surface area contributed by atoms with Crippen molar-refractivity contribution < 1.29 is 9.47 Å². The van der Waals surface area contributed by atoms with Crippen LogP contribution in [0.3, 0.4) is 0 Å². The molecular formula is C19H17NO2. The van der Waals surface area contributed by atoms with E-state index >= 15 is 0 Å². The summed E-state index contributed by atoms with van der Waals surface area (Å²) in [5, 5.41) is 6.07. The fourth-order valence-electron chi connectivity index (χ4n) is 2.85. The fraction of sp³-hybridized carbons (Fsp3) is 0.158. The molecule has 4 rings (SSSR count). The molecule has 1 N–H and O–H groups in total. The van der Waals surface area contributed by atoms with Gasteiger partial charge in [0.15, 0.2) is 11.5 Å². The van der Waals surface area contributed by atoms with Crippen molar-refractivity contribution in [2.24, 2.45) is 0 Å².